The zero-order valence-corrected chi connectivity index (χ0v) is 12.1. The molecule has 0 saturated carbocycles. The van der Waals surface area contributed by atoms with Crippen molar-refractivity contribution in [3.63, 3.8) is 0 Å². The molecule has 2 rings (SSSR count). The summed E-state index contributed by atoms with van der Waals surface area (Å²) >= 11 is 0. The lowest BCUT2D eigenvalue weighted by Gasteiger charge is -2.05. The van der Waals surface area contributed by atoms with Crippen molar-refractivity contribution in [2.75, 3.05) is 0 Å². The van der Waals surface area contributed by atoms with Gasteiger partial charge >= 0.3 is 0 Å². The molecule has 0 aliphatic rings. The molecule has 112 valence electrons. The maximum absolute atomic E-state index is 11.0. The molecule has 2 aromatic rings. The van der Waals surface area contributed by atoms with Crippen molar-refractivity contribution < 1.29 is 4.92 Å². The zero-order chi connectivity index (χ0) is 15.2. The van der Waals surface area contributed by atoms with Gasteiger partial charge in [0.2, 0.25) is 0 Å². The first-order valence-corrected chi connectivity index (χ1v) is 7.09. The maximum Gasteiger partial charge on any atom is 0.272 e. The van der Waals surface area contributed by atoms with Crippen molar-refractivity contribution in [1.82, 2.24) is 9.78 Å². The molecule has 21 heavy (non-hydrogen) atoms. The second-order valence-corrected chi connectivity index (χ2v) is 5.12. The minimum Gasteiger partial charge on any atom is -0.327 e. The van der Waals surface area contributed by atoms with Crippen molar-refractivity contribution in [2.24, 2.45) is 5.73 Å². The Labute approximate surface area is 123 Å². The number of aromatic nitrogens is 2. The minimum absolute atomic E-state index is 0.151. The average Bonchev–Trinajstić information content (AvgIpc) is 2.92. The van der Waals surface area contributed by atoms with Crippen LogP contribution in [-0.4, -0.2) is 20.7 Å². The second kappa shape index (κ2) is 6.99. The molecule has 6 heteroatoms. The van der Waals surface area contributed by atoms with Gasteiger partial charge in [0.15, 0.2) is 0 Å². The highest BCUT2D eigenvalue weighted by atomic mass is 16.6. The monoisotopic (exact) mass is 288 g/mol. The molecule has 0 fully saturated rings. The Morgan fingerprint density at radius 3 is 2.90 bits per heavy atom. The van der Waals surface area contributed by atoms with Gasteiger partial charge in [-0.15, -0.1) is 0 Å². The third kappa shape index (κ3) is 4.13. The second-order valence-electron chi connectivity index (χ2n) is 5.12. The van der Waals surface area contributed by atoms with Gasteiger partial charge in [-0.05, 0) is 24.8 Å². The van der Waals surface area contributed by atoms with Gasteiger partial charge in [-0.1, -0.05) is 25.1 Å². The molecule has 0 amide bonds. The summed E-state index contributed by atoms with van der Waals surface area (Å²) in [4.78, 5) is 10.6. The number of aryl methyl sites for hydroxylation is 2. The first-order valence-electron chi connectivity index (χ1n) is 7.09. The van der Waals surface area contributed by atoms with Crippen LogP contribution in [0.4, 0.5) is 5.69 Å². The molecule has 2 N–H and O–H groups in total. The number of benzene rings is 1. The van der Waals surface area contributed by atoms with E-state index in [4.69, 9.17) is 5.73 Å². The van der Waals surface area contributed by atoms with Crippen LogP contribution in [-0.2, 0) is 19.4 Å². The predicted octanol–water partition coefficient (Wildman–Crippen LogP) is 2.31. The lowest BCUT2D eigenvalue weighted by Crippen LogP contribution is -2.21. The summed E-state index contributed by atoms with van der Waals surface area (Å²) in [6.45, 7) is 2.68. The summed E-state index contributed by atoms with van der Waals surface area (Å²) in [6, 6.07) is 6.97. The third-order valence-corrected chi connectivity index (χ3v) is 3.51. The quantitative estimate of drug-likeness (QED) is 0.625. The van der Waals surface area contributed by atoms with E-state index in [-0.39, 0.29) is 16.7 Å². The van der Waals surface area contributed by atoms with Crippen LogP contribution in [0.5, 0.6) is 0 Å². The van der Waals surface area contributed by atoms with Crippen LogP contribution >= 0.6 is 0 Å². The largest absolute Gasteiger partial charge is 0.327 e. The Kier molecular flexibility index (Phi) is 5.05. The van der Waals surface area contributed by atoms with Gasteiger partial charge in [-0.3, -0.25) is 14.8 Å². The molecule has 1 atom stereocenters. The van der Waals surface area contributed by atoms with Crippen molar-refractivity contribution in [1.29, 1.82) is 0 Å². The van der Waals surface area contributed by atoms with E-state index in [1.165, 1.54) is 6.07 Å². The maximum atomic E-state index is 11.0. The van der Waals surface area contributed by atoms with E-state index in [0.29, 0.717) is 13.0 Å². The summed E-state index contributed by atoms with van der Waals surface area (Å²) in [7, 11) is 0. The van der Waals surface area contributed by atoms with Crippen LogP contribution < -0.4 is 5.73 Å². The topological polar surface area (TPSA) is 87.0 Å². The molecular weight excluding hydrogens is 268 g/mol. The molecule has 0 bridgehead atoms. The summed E-state index contributed by atoms with van der Waals surface area (Å²) in [6.07, 6.45) is 6.10. The van der Waals surface area contributed by atoms with Crippen LogP contribution in [0.2, 0.25) is 0 Å². The van der Waals surface area contributed by atoms with Crippen LogP contribution in [0.1, 0.15) is 24.5 Å². The van der Waals surface area contributed by atoms with Gasteiger partial charge in [-0.2, -0.15) is 5.10 Å². The van der Waals surface area contributed by atoms with Crippen molar-refractivity contribution in [3.8, 4) is 0 Å². The Balaban J connectivity index is 1.99. The number of nitro groups is 1. The van der Waals surface area contributed by atoms with E-state index in [9.17, 15) is 10.1 Å². The Morgan fingerprint density at radius 2 is 2.19 bits per heavy atom. The van der Waals surface area contributed by atoms with Gasteiger partial charge in [0, 0.05) is 30.4 Å². The molecule has 1 aromatic heterocycles. The first-order chi connectivity index (χ1) is 10.1. The fraction of sp³-hybridized carbons (Fsp3) is 0.400. The Morgan fingerprint density at radius 1 is 1.43 bits per heavy atom. The highest BCUT2D eigenvalue weighted by Crippen LogP contribution is 2.18. The Hall–Kier alpha value is -2.21. The smallest absolute Gasteiger partial charge is 0.272 e. The zero-order valence-electron chi connectivity index (χ0n) is 12.1. The van der Waals surface area contributed by atoms with Crippen LogP contribution in [0.3, 0.4) is 0 Å². The molecule has 0 spiro atoms. The van der Waals surface area contributed by atoms with E-state index in [1.807, 2.05) is 23.1 Å². The van der Waals surface area contributed by atoms with Crippen LogP contribution in [0.15, 0.2) is 36.7 Å². The van der Waals surface area contributed by atoms with Gasteiger partial charge < -0.3 is 5.73 Å². The summed E-state index contributed by atoms with van der Waals surface area (Å²) < 4.78 is 1.81. The van der Waals surface area contributed by atoms with Crippen LogP contribution in [0, 0.1) is 10.1 Å². The standard InChI is InChI=1S/C15H20N4O2/c1-2-14(16)9-12-10-17-18(11-12)8-7-13-5-3-4-6-15(13)19(20)21/h3-6,10-11,14H,2,7-9,16H2,1H3. The number of nitrogens with two attached hydrogens (primary N) is 1. The average molecular weight is 288 g/mol. The van der Waals surface area contributed by atoms with E-state index < -0.39 is 0 Å². The third-order valence-electron chi connectivity index (χ3n) is 3.51. The van der Waals surface area contributed by atoms with E-state index in [1.54, 1.807) is 12.1 Å². The summed E-state index contributed by atoms with van der Waals surface area (Å²) in [5.41, 5.74) is 7.92. The number of nitrogens with zero attached hydrogens (tertiary/aromatic N) is 3. The molecular formula is C15H20N4O2. The molecule has 6 nitrogen and oxygen atoms in total. The van der Waals surface area contributed by atoms with Crippen molar-refractivity contribution in [3.05, 3.63) is 57.9 Å². The normalized spacial score (nSPS) is 12.3. The lowest BCUT2D eigenvalue weighted by atomic mass is 10.1. The fourth-order valence-electron chi connectivity index (χ4n) is 2.22. The predicted molar refractivity (Wildman–Crippen MR) is 81.0 cm³/mol. The summed E-state index contributed by atoms with van der Waals surface area (Å²) in [5.74, 6) is 0. The SMILES string of the molecule is CCC(N)Cc1cnn(CCc2ccccc2[N+](=O)[O-])c1. The highest BCUT2D eigenvalue weighted by Gasteiger charge is 2.12. The number of rotatable bonds is 7. The fourth-order valence-corrected chi connectivity index (χ4v) is 2.22. The lowest BCUT2D eigenvalue weighted by molar-refractivity contribution is -0.385. The number of hydrogen-bond donors (Lipinski definition) is 1. The molecule has 0 aliphatic heterocycles. The van der Waals surface area contributed by atoms with Gasteiger partial charge in [0.05, 0.1) is 11.1 Å². The molecule has 1 heterocycles. The van der Waals surface area contributed by atoms with Crippen molar-refractivity contribution in [2.45, 2.75) is 38.8 Å². The van der Waals surface area contributed by atoms with E-state index in [0.717, 1.165) is 24.0 Å². The number of hydrogen-bond acceptors (Lipinski definition) is 4. The van der Waals surface area contributed by atoms with Gasteiger partial charge in [0.1, 0.15) is 0 Å². The van der Waals surface area contributed by atoms with Gasteiger partial charge in [0.25, 0.3) is 5.69 Å². The van der Waals surface area contributed by atoms with Crippen LogP contribution in [0.25, 0.3) is 0 Å². The van der Waals surface area contributed by atoms with E-state index in [2.05, 4.69) is 12.0 Å². The Bertz CT molecular complexity index is 609. The number of nitro benzene ring substituents is 1. The molecule has 1 unspecified atom stereocenters. The number of para-hydroxylation sites is 1. The highest BCUT2D eigenvalue weighted by molar-refractivity contribution is 5.39. The minimum atomic E-state index is -0.343. The molecule has 0 radical (unpaired) electrons. The van der Waals surface area contributed by atoms with Gasteiger partial charge in [-0.25, -0.2) is 0 Å². The molecule has 0 aliphatic carbocycles. The molecule has 0 saturated heterocycles. The van der Waals surface area contributed by atoms with Crippen molar-refractivity contribution >= 4 is 5.69 Å². The first kappa shape index (κ1) is 15.2. The molecule has 1 aromatic carbocycles. The van der Waals surface area contributed by atoms with E-state index >= 15 is 0 Å². The summed E-state index contributed by atoms with van der Waals surface area (Å²) in [5, 5.41) is 15.2.